The van der Waals surface area contributed by atoms with Crippen molar-refractivity contribution in [1.29, 1.82) is 0 Å². The van der Waals surface area contributed by atoms with Crippen LogP contribution in [0.5, 0.6) is 0 Å². The van der Waals surface area contributed by atoms with Gasteiger partial charge in [0, 0.05) is 25.4 Å². The summed E-state index contributed by atoms with van der Waals surface area (Å²) in [4.78, 5) is 25.9. The number of methoxy groups -OCH3 is 1. The molecule has 1 aromatic heterocycles. The maximum atomic E-state index is 11.3. The number of ether oxygens (including phenoxy) is 1. The third-order valence-electron chi connectivity index (χ3n) is 3.21. The third-order valence-corrected chi connectivity index (χ3v) is 4.16. The predicted molar refractivity (Wildman–Crippen MR) is 70.5 cm³/mol. The van der Waals surface area contributed by atoms with E-state index in [0.717, 1.165) is 31.0 Å². The first-order valence-electron chi connectivity index (χ1n) is 6.06. The summed E-state index contributed by atoms with van der Waals surface area (Å²) in [6.07, 6.45) is 4.70. The minimum Gasteiger partial charge on any atom is -0.481 e. The van der Waals surface area contributed by atoms with Crippen molar-refractivity contribution in [3.05, 3.63) is 22.6 Å². The number of aliphatic carboxylic acids is 1. The molecule has 0 aromatic carbocycles. The van der Waals surface area contributed by atoms with Gasteiger partial charge in [-0.15, -0.1) is 0 Å². The van der Waals surface area contributed by atoms with Gasteiger partial charge in [-0.2, -0.15) is 4.98 Å². The van der Waals surface area contributed by atoms with Gasteiger partial charge >= 0.3 is 5.97 Å². The normalized spacial score (nSPS) is 22.6. The standard InChI is InChI=1S/C12H16N2O4S/c1-18-9-3-2-8(6-9)14-5-4-10(15)13-12(14)19-7-11(16)17/h4-5,8-9H,2-3,6-7H2,1H3,(H,16,17). The Labute approximate surface area is 114 Å². The topological polar surface area (TPSA) is 81.4 Å². The number of thioether (sulfide) groups is 1. The summed E-state index contributed by atoms with van der Waals surface area (Å²) in [5, 5.41) is 9.19. The Balaban J connectivity index is 2.19. The summed E-state index contributed by atoms with van der Waals surface area (Å²) < 4.78 is 7.23. The van der Waals surface area contributed by atoms with E-state index < -0.39 is 5.97 Å². The Morgan fingerprint density at radius 2 is 2.42 bits per heavy atom. The molecule has 2 atom stereocenters. The van der Waals surface area contributed by atoms with Crippen molar-refractivity contribution in [2.45, 2.75) is 36.6 Å². The van der Waals surface area contributed by atoms with Crippen LogP contribution >= 0.6 is 11.8 Å². The SMILES string of the molecule is COC1CCC(n2ccc(=O)nc2SCC(=O)O)C1. The van der Waals surface area contributed by atoms with Crippen molar-refractivity contribution in [1.82, 2.24) is 9.55 Å². The maximum Gasteiger partial charge on any atom is 0.313 e. The van der Waals surface area contributed by atoms with Crippen LogP contribution in [0, 0.1) is 0 Å². The van der Waals surface area contributed by atoms with E-state index in [9.17, 15) is 9.59 Å². The van der Waals surface area contributed by atoms with Crippen molar-refractivity contribution < 1.29 is 14.6 Å². The Kier molecular flexibility index (Phi) is 4.60. The summed E-state index contributed by atoms with van der Waals surface area (Å²) in [7, 11) is 1.69. The van der Waals surface area contributed by atoms with E-state index in [1.54, 1.807) is 13.3 Å². The second-order valence-corrected chi connectivity index (χ2v) is 5.41. The molecule has 0 radical (unpaired) electrons. The molecule has 0 saturated heterocycles. The fourth-order valence-corrected chi connectivity index (χ4v) is 3.06. The number of carboxylic acids is 1. The van der Waals surface area contributed by atoms with E-state index in [-0.39, 0.29) is 23.5 Å². The molecule has 0 aliphatic heterocycles. The molecule has 1 aromatic rings. The lowest BCUT2D eigenvalue weighted by atomic mass is 10.2. The fraction of sp³-hybridized carbons (Fsp3) is 0.583. The van der Waals surface area contributed by atoms with Crippen molar-refractivity contribution >= 4 is 17.7 Å². The molecule has 1 heterocycles. The summed E-state index contributed by atoms with van der Waals surface area (Å²) in [6.45, 7) is 0. The molecule has 7 heteroatoms. The van der Waals surface area contributed by atoms with Crippen molar-refractivity contribution in [3.63, 3.8) is 0 Å². The van der Waals surface area contributed by atoms with Gasteiger partial charge in [-0.3, -0.25) is 9.59 Å². The molecular weight excluding hydrogens is 268 g/mol. The number of carbonyl (C=O) groups is 1. The van der Waals surface area contributed by atoms with Crippen LogP contribution in [-0.2, 0) is 9.53 Å². The first-order valence-corrected chi connectivity index (χ1v) is 7.05. The lowest BCUT2D eigenvalue weighted by Gasteiger charge is -2.18. The van der Waals surface area contributed by atoms with Crippen molar-refractivity contribution in [2.24, 2.45) is 0 Å². The highest BCUT2D eigenvalue weighted by atomic mass is 32.2. The van der Waals surface area contributed by atoms with Crippen LogP contribution in [0.15, 0.2) is 22.2 Å². The molecule has 2 rings (SSSR count). The Hall–Kier alpha value is -1.34. The lowest BCUT2D eigenvalue weighted by Crippen LogP contribution is -2.17. The van der Waals surface area contributed by atoms with Gasteiger partial charge in [0.25, 0.3) is 5.56 Å². The van der Waals surface area contributed by atoms with Crippen molar-refractivity contribution in [3.8, 4) is 0 Å². The van der Waals surface area contributed by atoms with Gasteiger partial charge in [-0.25, -0.2) is 0 Å². The van der Waals surface area contributed by atoms with Crippen LogP contribution in [0.25, 0.3) is 0 Å². The molecule has 1 aliphatic carbocycles. The number of nitrogens with zero attached hydrogens (tertiary/aromatic N) is 2. The third kappa shape index (κ3) is 3.57. The summed E-state index contributed by atoms with van der Waals surface area (Å²) in [5.41, 5.74) is -0.342. The van der Waals surface area contributed by atoms with Gasteiger partial charge in [0.05, 0.1) is 11.9 Å². The van der Waals surface area contributed by atoms with Crippen LogP contribution in [0.1, 0.15) is 25.3 Å². The molecule has 19 heavy (non-hydrogen) atoms. The van der Waals surface area contributed by atoms with Gasteiger partial charge in [-0.05, 0) is 19.3 Å². The van der Waals surface area contributed by atoms with Gasteiger partial charge < -0.3 is 14.4 Å². The second kappa shape index (κ2) is 6.21. The van der Waals surface area contributed by atoms with Crippen LogP contribution in [0.2, 0.25) is 0 Å². The molecule has 1 saturated carbocycles. The molecule has 6 nitrogen and oxygen atoms in total. The highest BCUT2D eigenvalue weighted by molar-refractivity contribution is 7.99. The van der Waals surface area contributed by atoms with Gasteiger partial charge in [0.1, 0.15) is 0 Å². The van der Waals surface area contributed by atoms with Gasteiger partial charge in [0.15, 0.2) is 5.16 Å². The average Bonchev–Trinajstić information content (AvgIpc) is 2.85. The molecular formula is C12H16N2O4S. The Morgan fingerprint density at radius 3 is 3.05 bits per heavy atom. The molecule has 104 valence electrons. The molecule has 0 spiro atoms. The molecule has 1 fully saturated rings. The highest BCUT2D eigenvalue weighted by Crippen LogP contribution is 2.33. The maximum absolute atomic E-state index is 11.3. The number of rotatable bonds is 5. The number of hydrogen-bond donors (Lipinski definition) is 1. The zero-order valence-electron chi connectivity index (χ0n) is 10.6. The zero-order valence-corrected chi connectivity index (χ0v) is 11.4. The van der Waals surface area contributed by atoms with E-state index in [1.165, 1.54) is 6.07 Å². The summed E-state index contributed by atoms with van der Waals surface area (Å²) in [5.74, 6) is -1.02. The molecule has 2 unspecified atom stereocenters. The van der Waals surface area contributed by atoms with E-state index in [0.29, 0.717) is 5.16 Å². The second-order valence-electron chi connectivity index (χ2n) is 4.46. The summed E-state index contributed by atoms with van der Waals surface area (Å²) >= 11 is 1.08. The van der Waals surface area contributed by atoms with Gasteiger partial charge in [0.2, 0.25) is 0 Å². The van der Waals surface area contributed by atoms with Crippen LogP contribution in [0.4, 0.5) is 0 Å². The van der Waals surface area contributed by atoms with Crippen LogP contribution in [-0.4, -0.2) is 39.6 Å². The molecule has 0 bridgehead atoms. The van der Waals surface area contributed by atoms with Crippen molar-refractivity contribution in [2.75, 3.05) is 12.9 Å². The molecule has 1 aliphatic rings. The molecule has 0 amide bonds. The average molecular weight is 284 g/mol. The predicted octanol–water partition coefficient (Wildman–Crippen LogP) is 1.16. The minimum atomic E-state index is -0.921. The first kappa shape index (κ1) is 14.1. The van der Waals surface area contributed by atoms with Crippen LogP contribution in [0.3, 0.4) is 0 Å². The fourth-order valence-electron chi connectivity index (χ4n) is 2.29. The Morgan fingerprint density at radius 1 is 1.63 bits per heavy atom. The largest absolute Gasteiger partial charge is 0.481 e. The van der Waals surface area contributed by atoms with E-state index in [4.69, 9.17) is 9.84 Å². The minimum absolute atomic E-state index is 0.100. The monoisotopic (exact) mass is 284 g/mol. The summed E-state index contributed by atoms with van der Waals surface area (Å²) in [6, 6.07) is 1.62. The van der Waals surface area contributed by atoms with Crippen LogP contribution < -0.4 is 5.56 Å². The smallest absolute Gasteiger partial charge is 0.313 e. The quantitative estimate of drug-likeness (QED) is 0.645. The molecule has 1 N–H and O–H groups in total. The number of aromatic nitrogens is 2. The number of hydrogen-bond acceptors (Lipinski definition) is 5. The Bertz CT molecular complexity index is 517. The lowest BCUT2D eigenvalue weighted by molar-refractivity contribution is -0.133. The van der Waals surface area contributed by atoms with E-state index in [2.05, 4.69) is 4.98 Å². The van der Waals surface area contributed by atoms with Gasteiger partial charge in [-0.1, -0.05) is 11.8 Å². The highest BCUT2D eigenvalue weighted by Gasteiger charge is 2.27. The van der Waals surface area contributed by atoms with E-state index in [1.807, 2.05) is 4.57 Å². The van der Waals surface area contributed by atoms with E-state index >= 15 is 0 Å². The zero-order chi connectivity index (χ0) is 13.8. The number of carboxylic acid groups (broad SMARTS) is 1. The first-order chi connectivity index (χ1) is 9.10.